The van der Waals surface area contributed by atoms with Crippen LogP contribution in [0.4, 0.5) is 5.69 Å². The van der Waals surface area contributed by atoms with Gasteiger partial charge in [0.25, 0.3) is 0 Å². The van der Waals surface area contributed by atoms with Gasteiger partial charge in [0.15, 0.2) is 5.78 Å². The third-order valence-electron chi connectivity index (χ3n) is 4.09. The molecule has 0 aromatic heterocycles. The number of benzene rings is 2. The van der Waals surface area contributed by atoms with E-state index in [4.69, 9.17) is 20.5 Å². The molecule has 6 nitrogen and oxygen atoms in total. The average Bonchev–Trinajstić information content (AvgIpc) is 2.64. The summed E-state index contributed by atoms with van der Waals surface area (Å²) in [6.45, 7) is 4.16. The number of hydrogen-bond donors (Lipinski definition) is 2. The van der Waals surface area contributed by atoms with E-state index in [0.29, 0.717) is 59.9 Å². The summed E-state index contributed by atoms with van der Waals surface area (Å²) in [5, 5.41) is 19.5. The first-order chi connectivity index (χ1) is 13.0. The number of anilines is 1. The van der Waals surface area contributed by atoms with Gasteiger partial charge in [-0.05, 0) is 37.6 Å². The van der Waals surface area contributed by atoms with Crippen LogP contribution < -0.4 is 15.2 Å². The Kier molecular flexibility index (Phi) is 7.07. The number of rotatable bonds is 9. The van der Waals surface area contributed by atoms with Crippen LogP contribution >= 0.6 is 0 Å². The summed E-state index contributed by atoms with van der Waals surface area (Å²) in [7, 11) is 0. The van der Waals surface area contributed by atoms with E-state index in [1.54, 1.807) is 30.3 Å². The highest BCUT2D eigenvalue weighted by Crippen LogP contribution is 2.33. The number of nitrogen functional groups attached to an aromatic ring is 1. The predicted molar refractivity (Wildman–Crippen MR) is 103 cm³/mol. The van der Waals surface area contributed by atoms with Crippen molar-refractivity contribution < 1.29 is 19.4 Å². The summed E-state index contributed by atoms with van der Waals surface area (Å²) in [5.74, 6) is 0.838. The van der Waals surface area contributed by atoms with Crippen molar-refractivity contribution in [1.29, 1.82) is 5.26 Å². The standard InChI is InChI=1S/C21H24N2O4/c1-3-6-16-20(10-9-15(14(2)24)21(16)25)27-12-5-11-26-19-8-4-7-18(23)17(19)13-22/h4,7-10,25H,3,5-6,11-12,23H2,1-2H3. The van der Waals surface area contributed by atoms with E-state index >= 15 is 0 Å². The van der Waals surface area contributed by atoms with Crippen molar-refractivity contribution in [2.75, 3.05) is 18.9 Å². The lowest BCUT2D eigenvalue weighted by Crippen LogP contribution is -2.08. The Labute approximate surface area is 159 Å². The van der Waals surface area contributed by atoms with Crippen molar-refractivity contribution >= 4 is 11.5 Å². The molecule has 0 amide bonds. The number of hydrogen-bond acceptors (Lipinski definition) is 6. The first-order valence-corrected chi connectivity index (χ1v) is 8.89. The normalized spacial score (nSPS) is 10.3. The van der Waals surface area contributed by atoms with Crippen molar-refractivity contribution in [3.63, 3.8) is 0 Å². The van der Waals surface area contributed by atoms with Crippen LogP contribution in [0, 0.1) is 11.3 Å². The molecule has 3 N–H and O–H groups in total. The summed E-state index contributed by atoms with van der Waals surface area (Å²) in [4.78, 5) is 11.6. The molecule has 0 heterocycles. The molecule has 2 aromatic rings. The monoisotopic (exact) mass is 368 g/mol. The van der Waals surface area contributed by atoms with Gasteiger partial charge in [-0.3, -0.25) is 4.79 Å². The van der Waals surface area contributed by atoms with Crippen LogP contribution in [0.3, 0.4) is 0 Å². The topological polar surface area (TPSA) is 106 Å². The summed E-state index contributed by atoms with van der Waals surface area (Å²) >= 11 is 0. The van der Waals surface area contributed by atoms with E-state index in [9.17, 15) is 9.90 Å². The molecule has 0 aliphatic carbocycles. The molecule has 0 radical (unpaired) electrons. The molecule has 27 heavy (non-hydrogen) atoms. The molecule has 0 bridgehead atoms. The van der Waals surface area contributed by atoms with Crippen molar-refractivity contribution in [3.8, 4) is 23.3 Å². The van der Waals surface area contributed by atoms with Crippen LogP contribution in [0.25, 0.3) is 0 Å². The maximum atomic E-state index is 11.6. The minimum absolute atomic E-state index is 0.00322. The second-order valence-corrected chi connectivity index (χ2v) is 6.13. The zero-order valence-electron chi connectivity index (χ0n) is 15.6. The van der Waals surface area contributed by atoms with Crippen molar-refractivity contribution in [3.05, 3.63) is 47.0 Å². The number of nitriles is 1. The van der Waals surface area contributed by atoms with Gasteiger partial charge in [-0.2, -0.15) is 5.26 Å². The predicted octanol–water partition coefficient (Wildman–Crippen LogP) is 3.85. The quantitative estimate of drug-likeness (QED) is 0.396. The maximum Gasteiger partial charge on any atom is 0.163 e. The first kappa shape index (κ1) is 20.1. The smallest absolute Gasteiger partial charge is 0.163 e. The highest BCUT2D eigenvalue weighted by Gasteiger charge is 2.15. The second kappa shape index (κ2) is 9.48. The SMILES string of the molecule is CCCc1c(OCCCOc2cccc(N)c2C#N)ccc(C(C)=O)c1O. The third kappa shape index (κ3) is 4.91. The number of nitrogens with zero attached hydrogens (tertiary/aromatic N) is 1. The van der Waals surface area contributed by atoms with Gasteiger partial charge in [-0.15, -0.1) is 0 Å². The number of aromatic hydroxyl groups is 1. The molecular weight excluding hydrogens is 344 g/mol. The Bertz CT molecular complexity index is 856. The van der Waals surface area contributed by atoms with Gasteiger partial charge in [0.05, 0.1) is 24.5 Å². The number of carbonyl (C=O) groups is 1. The van der Waals surface area contributed by atoms with E-state index in [1.165, 1.54) is 6.92 Å². The fourth-order valence-electron chi connectivity index (χ4n) is 2.74. The Morgan fingerprint density at radius 2 is 1.89 bits per heavy atom. The molecule has 142 valence electrons. The number of Topliss-reactive ketones (excluding diaryl/α,β-unsaturated/α-hetero) is 1. The van der Waals surface area contributed by atoms with E-state index in [2.05, 4.69) is 0 Å². The fourth-order valence-corrected chi connectivity index (χ4v) is 2.74. The minimum Gasteiger partial charge on any atom is -0.507 e. The van der Waals surface area contributed by atoms with Gasteiger partial charge in [-0.1, -0.05) is 19.4 Å². The molecule has 0 fully saturated rings. The third-order valence-corrected chi connectivity index (χ3v) is 4.09. The van der Waals surface area contributed by atoms with Gasteiger partial charge in [0, 0.05) is 12.0 Å². The maximum absolute atomic E-state index is 11.6. The Morgan fingerprint density at radius 3 is 2.52 bits per heavy atom. The lowest BCUT2D eigenvalue weighted by Gasteiger charge is -2.15. The van der Waals surface area contributed by atoms with Crippen LogP contribution in [-0.2, 0) is 6.42 Å². The number of ether oxygens (including phenoxy) is 2. The lowest BCUT2D eigenvalue weighted by molar-refractivity contribution is 0.101. The number of nitrogens with two attached hydrogens (primary N) is 1. The van der Waals surface area contributed by atoms with Crippen molar-refractivity contribution in [2.45, 2.75) is 33.1 Å². The molecule has 6 heteroatoms. The van der Waals surface area contributed by atoms with Crippen LogP contribution in [0.15, 0.2) is 30.3 Å². The van der Waals surface area contributed by atoms with Crippen LogP contribution in [0.2, 0.25) is 0 Å². The molecular formula is C21H24N2O4. The Morgan fingerprint density at radius 1 is 1.19 bits per heavy atom. The van der Waals surface area contributed by atoms with E-state index in [1.807, 2.05) is 13.0 Å². The Balaban J connectivity index is 1.96. The number of phenolic OH excluding ortho intramolecular Hbond substituents is 1. The van der Waals surface area contributed by atoms with Gasteiger partial charge in [0.1, 0.15) is 28.9 Å². The Hall–Kier alpha value is -3.20. The second-order valence-electron chi connectivity index (χ2n) is 6.13. The van der Waals surface area contributed by atoms with Crippen LogP contribution in [0.5, 0.6) is 17.2 Å². The van der Waals surface area contributed by atoms with E-state index in [-0.39, 0.29) is 11.5 Å². The number of carbonyl (C=O) groups excluding carboxylic acids is 1. The molecule has 0 aliphatic heterocycles. The fraction of sp³-hybridized carbons (Fsp3) is 0.333. The molecule has 0 aliphatic rings. The molecule has 2 aromatic carbocycles. The molecule has 0 saturated heterocycles. The molecule has 0 spiro atoms. The van der Waals surface area contributed by atoms with Gasteiger partial charge in [0.2, 0.25) is 0 Å². The summed E-state index contributed by atoms with van der Waals surface area (Å²) in [6, 6.07) is 10.4. The zero-order chi connectivity index (χ0) is 19.8. The molecule has 2 rings (SSSR count). The van der Waals surface area contributed by atoms with E-state index in [0.717, 1.165) is 6.42 Å². The average molecular weight is 368 g/mol. The molecule has 0 unspecified atom stereocenters. The van der Waals surface area contributed by atoms with Crippen LogP contribution in [-0.4, -0.2) is 24.1 Å². The minimum atomic E-state index is -0.180. The molecule has 0 saturated carbocycles. The summed E-state index contributed by atoms with van der Waals surface area (Å²) in [6.07, 6.45) is 2.02. The highest BCUT2D eigenvalue weighted by atomic mass is 16.5. The number of phenols is 1. The zero-order valence-corrected chi connectivity index (χ0v) is 15.6. The largest absolute Gasteiger partial charge is 0.507 e. The molecule has 0 atom stereocenters. The van der Waals surface area contributed by atoms with Gasteiger partial charge < -0.3 is 20.3 Å². The lowest BCUT2D eigenvalue weighted by atomic mass is 10.0. The highest BCUT2D eigenvalue weighted by molar-refractivity contribution is 5.97. The first-order valence-electron chi connectivity index (χ1n) is 8.89. The van der Waals surface area contributed by atoms with Crippen molar-refractivity contribution in [2.24, 2.45) is 0 Å². The summed E-state index contributed by atoms with van der Waals surface area (Å²) in [5.41, 5.74) is 7.42. The van der Waals surface area contributed by atoms with E-state index < -0.39 is 0 Å². The van der Waals surface area contributed by atoms with Gasteiger partial charge >= 0.3 is 0 Å². The number of ketones is 1. The summed E-state index contributed by atoms with van der Waals surface area (Å²) < 4.78 is 11.4. The van der Waals surface area contributed by atoms with Gasteiger partial charge in [-0.25, -0.2) is 0 Å². The van der Waals surface area contributed by atoms with Crippen molar-refractivity contribution in [1.82, 2.24) is 0 Å². The van der Waals surface area contributed by atoms with Crippen LogP contribution in [0.1, 0.15) is 48.2 Å².